The third kappa shape index (κ3) is 4.31. The lowest BCUT2D eigenvalue weighted by Crippen LogP contribution is -2.32. The topological polar surface area (TPSA) is 74.0 Å². The smallest absolute Gasteiger partial charge is 0.0830 e. The highest BCUT2D eigenvalue weighted by Crippen LogP contribution is 1.73. The molecule has 0 unspecified atom stereocenters. The van der Waals surface area contributed by atoms with Crippen LogP contribution in [0.15, 0.2) is 0 Å². The molecule has 0 bridgehead atoms. The summed E-state index contributed by atoms with van der Waals surface area (Å²) >= 11 is 0. The van der Waals surface area contributed by atoms with E-state index in [0.717, 1.165) is 26.3 Å². The zero-order valence-corrected chi connectivity index (χ0v) is 5.14. The van der Waals surface area contributed by atoms with Gasteiger partial charge in [0.1, 0.15) is 0 Å². The fourth-order valence-electron chi connectivity index (χ4n) is 0.204. The Morgan fingerprint density at radius 3 is 1.00 bits per heavy atom. The maximum atomic E-state index is 4.47. The summed E-state index contributed by atoms with van der Waals surface area (Å²) in [6.45, 7) is 3.83. The van der Waals surface area contributed by atoms with E-state index in [1.54, 1.807) is 0 Å². The van der Waals surface area contributed by atoms with Crippen molar-refractivity contribution in [3.8, 4) is 0 Å². The van der Waals surface area contributed by atoms with Gasteiger partial charge in [0.15, 0.2) is 0 Å². The molecule has 5 heteroatoms. The summed E-state index contributed by atoms with van der Waals surface area (Å²) in [5, 5.41) is 0. The number of rotatable bonds is 0. The van der Waals surface area contributed by atoms with Crippen LogP contribution in [0.1, 0.15) is 0 Å². The highest BCUT2D eigenvalue weighted by molar-refractivity contribution is 4.37. The van der Waals surface area contributed by atoms with E-state index in [4.69, 9.17) is 0 Å². The molecule has 0 aromatic rings. The molecule has 2 aliphatic rings. The zero-order valence-electron chi connectivity index (χ0n) is 5.14. The molecule has 2 saturated heterocycles. The molecule has 0 aromatic heterocycles. The summed E-state index contributed by atoms with van der Waals surface area (Å²) in [6, 6.07) is 0. The van der Waals surface area contributed by atoms with Gasteiger partial charge >= 0.3 is 0 Å². The lowest BCUT2D eigenvalue weighted by molar-refractivity contribution is -0.0479. The van der Waals surface area contributed by atoms with Crippen LogP contribution in [-0.4, -0.2) is 31.8 Å². The fraction of sp³-hybridized carbons (Fsp3) is 1.00. The molecule has 0 aromatic carbocycles. The van der Waals surface area contributed by atoms with Gasteiger partial charge in [-0.2, -0.15) is 0 Å². The van der Waals surface area contributed by atoms with Gasteiger partial charge in [-0.25, -0.2) is 11.0 Å². The molecule has 2 fully saturated rings. The molecular weight excluding hydrogens is 124 g/mol. The summed E-state index contributed by atoms with van der Waals surface area (Å²) in [5.74, 6) is 0. The lowest BCUT2D eigenvalue weighted by atomic mass is 10.7. The largest absolute Gasteiger partial charge is 0.412 e. The SMILES string of the molecule is C1CON1.C1CON1.O. The molecule has 2 heterocycles. The van der Waals surface area contributed by atoms with E-state index in [9.17, 15) is 0 Å². The Bertz CT molecular complexity index is 37.8. The first-order chi connectivity index (χ1) is 4.00. The van der Waals surface area contributed by atoms with Crippen LogP contribution in [-0.2, 0) is 9.68 Å². The van der Waals surface area contributed by atoms with Crippen molar-refractivity contribution in [1.29, 1.82) is 0 Å². The van der Waals surface area contributed by atoms with Gasteiger partial charge in [0.2, 0.25) is 0 Å². The standard InChI is InChI=1S/2C2H5NO.H2O/c2*1-2-4-3-1;/h2*3H,1-2H2;1H2. The Morgan fingerprint density at radius 1 is 0.889 bits per heavy atom. The maximum Gasteiger partial charge on any atom is 0.0830 e. The van der Waals surface area contributed by atoms with Crippen LogP contribution in [0.25, 0.3) is 0 Å². The van der Waals surface area contributed by atoms with Crippen LogP contribution in [0.2, 0.25) is 0 Å². The predicted octanol–water partition coefficient (Wildman–Crippen LogP) is -1.78. The Morgan fingerprint density at radius 2 is 1.00 bits per heavy atom. The van der Waals surface area contributed by atoms with E-state index in [1.165, 1.54) is 0 Å². The summed E-state index contributed by atoms with van der Waals surface area (Å²) in [6.07, 6.45) is 0. The first kappa shape index (κ1) is 8.80. The molecule has 56 valence electrons. The normalized spacial score (nSPS) is 21.3. The molecular formula is C4H12N2O3. The minimum atomic E-state index is 0. The summed E-state index contributed by atoms with van der Waals surface area (Å²) in [5.41, 5.74) is 5.22. The summed E-state index contributed by atoms with van der Waals surface area (Å²) in [4.78, 5) is 8.94. The van der Waals surface area contributed by atoms with E-state index in [1.807, 2.05) is 0 Å². The van der Waals surface area contributed by atoms with Gasteiger partial charge in [-0.3, -0.25) is 0 Å². The van der Waals surface area contributed by atoms with Crippen LogP contribution >= 0.6 is 0 Å². The predicted molar refractivity (Wildman–Crippen MR) is 31.5 cm³/mol. The van der Waals surface area contributed by atoms with Crippen LogP contribution in [0.3, 0.4) is 0 Å². The Hall–Kier alpha value is -0.200. The summed E-state index contributed by atoms with van der Waals surface area (Å²) in [7, 11) is 0. The maximum absolute atomic E-state index is 4.47. The molecule has 0 amide bonds. The van der Waals surface area contributed by atoms with Crippen molar-refractivity contribution in [2.24, 2.45) is 0 Å². The molecule has 0 radical (unpaired) electrons. The molecule has 0 spiro atoms. The average molecular weight is 136 g/mol. The van der Waals surface area contributed by atoms with E-state index >= 15 is 0 Å². The van der Waals surface area contributed by atoms with Crippen molar-refractivity contribution < 1.29 is 15.2 Å². The van der Waals surface area contributed by atoms with E-state index < -0.39 is 0 Å². The molecule has 5 nitrogen and oxygen atoms in total. The van der Waals surface area contributed by atoms with Crippen LogP contribution in [0.5, 0.6) is 0 Å². The quantitative estimate of drug-likeness (QED) is 0.413. The second kappa shape index (κ2) is 5.93. The lowest BCUT2D eigenvalue weighted by Gasteiger charge is -2.10. The molecule has 2 rings (SSSR count). The molecule has 2 aliphatic heterocycles. The molecule has 9 heavy (non-hydrogen) atoms. The number of nitrogens with one attached hydrogen (secondary N) is 2. The van der Waals surface area contributed by atoms with E-state index in [2.05, 4.69) is 20.6 Å². The Balaban J connectivity index is 0.000000128. The van der Waals surface area contributed by atoms with Crippen LogP contribution in [0.4, 0.5) is 0 Å². The van der Waals surface area contributed by atoms with Gasteiger partial charge < -0.3 is 15.2 Å². The third-order valence-corrected chi connectivity index (χ3v) is 0.816. The fourth-order valence-corrected chi connectivity index (χ4v) is 0.204. The monoisotopic (exact) mass is 136 g/mol. The van der Waals surface area contributed by atoms with E-state index in [0.29, 0.717) is 0 Å². The molecule has 0 atom stereocenters. The first-order valence-electron chi connectivity index (χ1n) is 2.69. The van der Waals surface area contributed by atoms with Crippen molar-refractivity contribution in [2.45, 2.75) is 0 Å². The van der Waals surface area contributed by atoms with E-state index in [-0.39, 0.29) is 5.48 Å². The van der Waals surface area contributed by atoms with Crippen molar-refractivity contribution in [3.63, 3.8) is 0 Å². The van der Waals surface area contributed by atoms with Gasteiger partial charge in [0.25, 0.3) is 0 Å². The Labute approximate surface area is 53.5 Å². The van der Waals surface area contributed by atoms with Gasteiger partial charge in [-0.05, 0) is 0 Å². The second-order valence-corrected chi connectivity index (χ2v) is 1.49. The average Bonchev–Trinajstić information content (AvgIpc) is 1.12. The second-order valence-electron chi connectivity index (χ2n) is 1.49. The molecule has 4 N–H and O–H groups in total. The number of hydrogen-bond acceptors (Lipinski definition) is 4. The van der Waals surface area contributed by atoms with Gasteiger partial charge in [-0.1, -0.05) is 0 Å². The van der Waals surface area contributed by atoms with Crippen molar-refractivity contribution >= 4 is 0 Å². The third-order valence-electron chi connectivity index (χ3n) is 0.816. The van der Waals surface area contributed by atoms with Gasteiger partial charge in [-0.15, -0.1) is 0 Å². The van der Waals surface area contributed by atoms with Crippen LogP contribution < -0.4 is 11.0 Å². The van der Waals surface area contributed by atoms with Gasteiger partial charge in [0.05, 0.1) is 13.2 Å². The zero-order chi connectivity index (χ0) is 5.66. The van der Waals surface area contributed by atoms with Crippen molar-refractivity contribution in [1.82, 2.24) is 11.0 Å². The number of hydrogen-bond donors (Lipinski definition) is 2. The molecule has 0 aliphatic carbocycles. The Kier molecular flexibility index (Phi) is 5.80. The summed E-state index contributed by atoms with van der Waals surface area (Å²) < 4.78 is 0. The van der Waals surface area contributed by atoms with Gasteiger partial charge in [0, 0.05) is 13.1 Å². The highest BCUT2D eigenvalue weighted by Gasteiger charge is 1.92. The van der Waals surface area contributed by atoms with Crippen molar-refractivity contribution in [2.75, 3.05) is 26.3 Å². The number of hydroxylamine groups is 2. The highest BCUT2D eigenvalue weighted by atomic mass is 16.7. The minimum absolute atomic E-state index is 0. The molecule has 0 saturated carbocycles. The van der Waals surface area contributed by atoms with Crippen LogP contribution in [0, 0.1) is 0 Å². The minimum Gasteiger partial charge on any atom is -0.412 e. The first-order valence-corrected chi connectivity index (χ1v) is 2.69. The van der Waals surface area contributed by atoms with Crippen molar-refractivity contribution in [3.05, 3.63) is 0 Å².